The van der Waals surface area contributed by atoms with E-state index in [0.29, 0.717) is 0 Å². The van der Waals surface area contributed by atoms with Gasteiger partial charge in [-0.15, -0.1) is 0 Å². The van der Waals surface area contributed by atoms with Crippen molar-refractivity contribution < 1.29 is 14.2 Å². The van der Waals surface area contributed by atoms with Gasteiger partial charge in [-0.3, -0.25) is 0 Å². The van der Waals surface area contributed by atoms with Gasteiger partial charge in [0.1, 0.15) is 0 Å². The van der Waals surface area contributed by atoms with E-state index in [1.807, 2.05) is 0 Å². The summed E-state index contributed by atoms with van der Waals surface area (Å²) < 4.78 is 17.1. The first-order chi connectivity index (χ1) is 7.33. The topological polar surface area (TPSA) is 27.7 Å². The number of hydrogen-bond donors (Lipinski definition) is 0. The summed E-state index contributed by atoms with van der Waals surface area (Å²) in [5, 5.41) is 0. The molecular weight excluding hydrogens is 192 g/mol. The standard InChI is InChI=1S/C12H24O3/c1-3-5-9-13-12(8-7-11-15-12)14-10-6-4-2/h3-11H2,1-2H3. The monoisotopic (exact) mass is 216 g/mol. The maximum absolute atomic E-state index is 5.73. The quantitative estimate of drug-likeness (QED) is 0.461. The highest BCUT2D eigenvalue weighted by Gasteiger charge is 2.37. The molecule has 0 N–H and O–H groups in total. The van der Waals surface area contributed by atoms with Gasteiger partial charge >= 0.3 is 0 Å². The maximum Gasteiger partial charge on any atom is 0.282 e. The van der Waals surface area contributed by atoms with Gasteiger partial charge < -0.3 is 14.2 Å². The molecule has 0 bridgehead atoms. The molecule has 3 nitrogen and oxygen atoms in total. The summed E-state index contributed by atoms with van der Waals surface area (Å²) >= 11 is 0. The average molecular weight is 216 g/mol. The van der Waals surface area contributed by atoms with Crippen LogP contribution in [-0.2, 0) is 14.2 Å². The van der Waals surface area contributed by atoms with Crippen LogP contribution in [0, 0.1) is 0 Å². The predicted molar refractivity (Wildman–Crippen MR) is 59.6 cm³/mol. The Hall–Kier alpha value is -0.120. The summed E-state index contributed by atoms with van der Waals surface area (Å²) in [6.45, 7) is 6.55. The zero-order valence-corrected chi connectivity index (χ0v) is 10.1. The minimum atomic E-state index is -0.704. The van der Waals surface area contributed by atoms with Crippen molar-refractivity contribution in [1.82, 2.24) is 0 Å². The van der Waals surface area contributed by atoms with E-state index in [1.54, 1.807) is 0 Å². The average Bonchev–Trinajstić information content (AvgIpc) is 2.68. The molecule has 1 fully saturated rings. The summed E-state index contributed by atoms with van der Waals surface area (Å²) in [7, 11) is 0. The molecule has 1 aliphatic heterocycles. The molecule has 1 rings (SSSR count). The zero-order chi connectivity index (χ0) is 11.0. The molecule has 0 saturated carbocycles. The molecule has 3 heteroatoms. The fourth-order valence-corrected chi connectivity index (χ4v) is 1.60. The Bertz CT molecular complexity index is 141. The third kappa shape index (κ3) is 4.49. The summed E-state index contributed by atoms with van der Waals surface area (Å²) in [6, 6.07) is 0. The van der Waals surface area contributed by atoms with Crippen molar-refractivity contribution in [2.45, 2.75) is 58.3 Å². The Morgan fingerprint density at radius 3 is 2.07 bits per heavy atom. The lowest BCUT2D eigenvalue weighted by atomic mass is 10.3. The number of hydrogen-bond acceptors (Lipinski definition) is 3. The van der Waals surface area contributed by atoms with Crippen molar-refractivity contribution in [3.05, 3.63) is 0 Å². The van der Waals surface area contributed by atoms with Gasteiger partial charge in [0.2, 0.25) is 0 Å². The van der Waals surface area contributed by atoms with E-state index in [2.05, 4.69) is 13.8 Å². The molecule has 0 amide bonds. The van der Waals surface area contributed by atoms with Gasteiger partial charge in [0.25, 0.3) is 5.97 Å². The lowest BCUT2D eigenvalue weighted by molar-refractivity contribution is -0.361. The second-order valence-corrected chi connectivity index (χ2v) is 4.04. The summed E-state index contributed by atoms with van der Waals surface area (Å²) in [5.74, 6) is -0.704. The molecule has 0 aliphatic carbocycles. The molecule has 0 aromatic rings. The van der Waals surface area contributed by atoms with Crippen LogP contribution in [0.4, 0.5) is 0 Å². The molecule has 0 aromatic carbocycles. The molecule has 0 radical (unpaired) electrons. The Kier molecular flexibility index (Phi) is 6.22. The number of unbranched alkanes of at least 4 members (excludes halogenated alkanes) is 2. The van der Waals surface area contributed by atoms with E-state index in [4.69, 9.17) is 14.2 Å². The highest BCUT2D eigenvalue weighted by atomic mass is 16.9. The van der Waals surface area contributed by atoms with Crippen molar-refractivity contribution in [3.63, 3.8) is 0 Å². The Balaban J connectivity index is 2.26. The van der Waals surface area contributed by atoms with E-state index >= 15 is 0 Å². The van der Waals surface area contributed by atoms with E-state index in [0.717, 1.165) is 58.3 Å². The highest BCUT2D eigenvalue weighted by molar-refractivity contribution is 4.65. The van der Waals surface area contributed by atoms with Crippen LogP contribution in [0.1, 0.15) is 52.4 Å². The summed E-state index contributed by atoms with van der Waals surface area (Å²) in [6.07, 6.45) is 6.35. The SMILES string of the molecule is CCCCOC1(OCCCC)CCCO1. The van der Waals surface area contributed by atoms with E-state index in [9.17, 15) is 0 Å². The van der Waals surface area contributed by atoms with Gasteiger partial charge in [-0.25, -0.2) is 0 Å². The number of ether oxygens (including phenoxy) is 3. The van der Waals surface area contributed by atoms with Crippen LogP contribution in [-0.4, -0.2) is 25.8 Å². The van der Waals surface area contributed by atoms with Gasteiger partial charge in [0, 0.05) is 6.42 Å². The third-order valence-corrected chi connectivity index (χ3v) is 2.59. The van der Waals surface area contributed by atoms with Crippen molar-refractivity contribution in [2.75, 3.05) is 19.8 Å². The fourth-order valence-electron chi connectivity index (χ4n) is 1.60. The van der Waals surface area contributed by atoms with E-state index < -0.39 is 5.97 Å². The Labute approximate surface area is 93.1 Å². The molecule has 15 heavy (non-hydrogen) atoms. The first-order valence-corrected chi connectivity index (χ1v) is 6.25. The van der Waals surface area contributed by atoms with Crippen LogP contribution >= 0.6 is 0 Å². The Morgan fingerprint density at radius 1 is 1.07 bits per heavy atom. The lowest BCUT2D eigenvalue weighted by Gasteiger charge is -2.28. The van der Waals surface area contributed by atoms with Crippen molar-refractivity contribution >= 4 is 0 Å². The first kappa shape index (κ1) is 12.9. The second kappa shape index (κ2) is 7.20. The van der Waals surface area contributed by atoms with Gasteiger partial charge in [-0.1, -0.05) is 26.7 Å². The molecule has 0 atom stereocenters. The van der Waals surface area contributed by atoms with Crippen LogP contribution in [0.3, 0.4) is 0 Å². The summed E-state index contributed by atoms with van der Waals surface area (Å²) in [5.41, 5.74) is 0. The van der Waals surface area contributed by atoms with Crippen LogP contribution in [0.15, 0.2) is 0 Å². The minimum Gasteiger partial charge on any atom is -0.327 e. The molecule has 1 saturated heterocycles. The zero-order valence-electron chi connectivity index (χ0n) is 10.1. The van der Waals surface area contributed by atoms with Crippen molar-refractivity contribution in [2.24, 2.45) is 0 Å². The van der Waals surface area contributed by atoms with Gasteiger partial charge in [-0.2, -0.15) is 0 Å². The van der Waals surface area contributed by atoms with E-state index in [1.165, 1.54) is 0 Å². The predicted octanol–water partition coefficient (Wildman–Crippen LogP) is 3.08. The minimum absolute atomic E-state index is 0.704. The molecule has 90 valence electrons. The first-order valence-electron chi connectivity index (χ1n) is 6.25. The molecule has 1 heterocycles. The largest absolute Gasteiger partial charge is 0.327 e. The lowest BCUT2D eigenvalue weighted by Crippen LogP contribution is -2.35. The summed E-state index contributed by atoms with van der Waals surface area (Å²) in [4.78, 5) is 0. The maximum atomic E-state index is 5.73. The third-order valence-electron chi connectivity index (χ3n) is 2.59. The highest BCUT2D eigenvalue weighted by Crippen LogP contribution is 2.28. The van der Waals surface area contributed by atoms with Crippen LogP contribution in [0.5, 0.6) is 0 Å². The van der Waals surface area contributed by atoms with Gasteiger partial charge in [-0.05, 0) is 19.3 Å². The van der Waals surface area contributed by atoms with Gasteiger partial charge in [0.15, 0.2) is 0 Å². The molecule has 0 unspecified atom stereocenters. The van der Waals surface area contributed by atoms with Gasteiger partial charge in [0.05, 0.1) is 19.8 Å². The second-order valence-electron chi connectivity index (χ2n) is 4.04. The Morgan fingerprint density at radius 2 is 1.67 bits per heavy atom. The normalized spacial score (nSPS) is 19.6. The molecular formula is C12H24O3. The van der Waals surface area contributed by atoms with Crippen molar-refractivity contribution in [1.29, 1.82) is 0 Å². The molecule has 1 aliphatic rings. The smallest absolute Gasteiger partial charge is 0.282 e. The number of rotatable bonds is 8. The van der Waals surface area contributed by atoms with E-state index in [-0.39, 0.29) is 0 Å². The molecule has 0 aromatic heterocycles. The van der Waals surface area contributed by atoms with Crippen LogP contribution in [0.25, 0.3) is 0 Å². The van der Waals surface area contributed by atoms with Crippen LogP contribution < -0.4 is 0 Å². The van der Waals surface area contributed by atoms with Crippen LogP contribution in [0.2, 0.25) is 0 Å². The van der Waals surface area contributed by atoms with Crippen molar-refractivity contribution in [3.8, 4) is 0 Å². The fraction of sp³-hybridized carbons (Fsp3) is 1.00. The molecule has 0 spiro atoms.